The standard InChI is InChI=1S/C17H13ClF2N4O3S/c18-11-8-22-24(9-11)15-2-1-14(7-16(15)28(21,26)27)23-17(25)5-10-3-12(19)6-13(20)4-10/h1-4,6-9H,5H2,(H,23,25)(H2,21,26,27). The average Bonchev–Trinajstić information content (AvgIpc) is 2.99. The van der Waals surface area contributed by atoms with Gasteiger partial charge in [0.1, 0.15) is 16.5 Å². The molecule has 0 bridgehead atoms. The Morgan fingerprint density at radius 2 is 1.86 bits per heavy atom. The molecule has 3 N–H and O–H groups in total. The number of anilines is 1. The molecular weight excluding hydrogens is 414 g/mol. The first kappa shape index (κ1) is 19.9. The lowest BCUT2D eigenvalue weighted by atomic mass is 10.1. The second-order valence-corrected chi connectivity index (χ2v) is 7.80. The molecule has 0 saturated carbocycles. The number of primary sulfonamides is 1. The van der Waals surface area contributed by atoms with Crippen molar-refractivity contribution >= 4 is 33.2 Å². The number of carbonyl (C=O) groups excluding carboxylic acids is 1. The molecule has 0 radical (unpaired) electrons. The van der Waals surface area contributed by atoms with Crippen LogP contribution in [0.15, 0.2) is 53.7 Å². The zero-order valence-corrected chi connectivity index (χ0v) is 15.6. The van der Waals surface area contributed by atoms with Crippen LogP contribution in [0.4, 0.5) is 14.5 Å². The number of nitrogens with one attached hydrogen (secondary N) is 1. The van der Waals surface area contributed by atoms with Gasteiger partial charge in [-0.1, -0.05) is 11.6 Å². The van der Waals surface area contributed by atoms with Crippen molar-refractivity contribution in [2.45, 2.75) is 11.3 Å². The summed E-state index contributed by atoms with van der Waals surface area (Å²) >= 11 is 5.80. The largest absolute Gasteiger partial charge is 0.326 e. The third-order valence-corrected chi connectivity index (χ3v) is 4.77. The molecule has 0 saturated heterocycles. The van der Waals surface area contributed by atoms with Gasteiger partial charge in [-0.05, 0) is 35.9 Å². The third-order valence-electron chi connectivity index (χ3n) is 3.64. The number of halogens is 3. The summed E-state index contributed by atoms with van der Waals surface area (Å²) < 4.78 is 51.6. The highest BCUT2D eigenvalue weighted by Gasteiger charge is 2.18. The van der Waals surface area contributed by atoms with Gasteiger partial charge in [0.2, 0.25) is 15.9 Å². The second-order valence-electron chi connectivity index (χ2n) is 5.83. The van der Waals surface area contributed by atoms with Crippen LogP contribution in [0.3, 0.4) is 0 Å². The summed E-state index contributed by atoms with van der Waals surface area (Å²) in [5.74, 6) is -2.21. The quantitative estimate of drug-likeness (QED) is 0.653. The number of rotatable bonds is 5. The van der Waals surface area contributed by atoms with Crippen LogP contribution in [0.5, 0.6) is 0 Å². The summed E-state index contributed by atoms with van der Waals surface area (Å²) in [6, 6.07) is 6.74. The van der Waals surface area contributed by atoms with E-state index in [1.54, 1.807) is 0 Å². The predicted molar refractivity (Wildman–Crippen MR) is 98.6 cm³/mol. The number of carbonyl (C=O) groups is 1. The van der Waals surface area contributed by atoms with Crippen molar-refractivity contribution in [1.82, 2.24) is 9.78 Å². The summed E-state index contributed by atoms with van der Waals surface area (Å²) in [4.78, 5) is 11.9. The maximum Gasteiger partial charge on any atom is 0.240 e. The Labute approximate surface area is 163 Å². The van der Waals surface area contributed by atoms with Gasteiger partial charge in [-0.15, -0.1) is 0 Å². The maximum atomic E-state index is 13.2. The summed E-state index contributed by atoms with van der Waals surface area (Å²) in [6.45, 7) is 0. The number of hydrogen-bond acceptors (Lipinski definition) is 4. The van der Waals surface area contributed by atoms with Crippen molar-refractivity contribution < 1.29 is 22.0 Å². The Bertz CT molecular complexity index is 1140. The number of amides is 1. The highest BCUT2D eigenvalue weighted by Crippen LogP contribution is 2.24. The van der Waals surface area contributed by atoms with E-state index in [2.05, 4.69) is 10.4 Å². The number of nitrogens with zero attached hydrogens (tertiary/aromatic N) is 2. The molecule has 11 heteroatoms. The lowest BCUT2D eigenvalue weighted by molar-refractivity contribution is -0.115. The number of aromatic nitrogens is 2. The van der Waals surface area contributed by atoms with Gasteiger partial charge in [0, 0.05) is 18.0 Å². The minimum Gasteiger partial charge on any atom is -0.326 e. The SMILES string of the molecule is NS(=O)(=O)c1cc(NC(=O)Cc2cc(F)cc(F)c2)ccc1-n1cc(Cl)cn1. The molecule has 1 aromatic heterocycles. The fourth-order valence-electron chi connectivity index (χ4n) is 2.55. The average molecular weight is 427 g/mol. The lowest BCUT2D eigenvalue weighted by Gasteiger charge is -2.11. The van der Waals surface area contributed by atoms with Crippen LogP contribution in [0.25, 0.3) is 5.69 Å². The van der Waals surface area contributed by atoms with Gasteiger partial charge in [-0.2, -0.15) is 5.10 Å². The zero-order chi connectivity index (χ0) is 20.5. The summed E-state index contributed by atoms with van der Waals surface area (Å²) in [7, 11) is -4.16. The van der Waals surface area contributed by atoms with Gasteiger partial charge >= 0.3 is 0 Å². The molecule has 0 atom stereocenters. The molecule has 3 aromatic rings. The summed E-state index contributed by atoms with van der Waals surface area (Å²) in [6.07, 6.45) is 2.40. The fraction of sp³-hybridized carbons (Fsp3) is 0.0588. The van der Waals surface area contributed by atoms with Gasteiger partial charge in [0.05, 0.1) is 23.3 Å². The van der Waals surface area contributed by atoms with E-state index in [1.165, 1.54) is 29.2 Å². The Hall–Kier alpha value is -2.82. The van der Waals surface area contributed by atoms with Gasteiger partial charge in [0.25, 0.3) is 0 Å². The van der Waals surface area contributed by atoms with Crippen molar-refractivity contribution in [3.63, 3.8) is 0 Å². The molecule has 146 valence electrons. The molecule has 3 rings (SSSR count). The van der Waals surface area contributed by atoms with Crippen LogP contribution in [-0.4, -0.2) is 24.1 Å². The first-order chi connectivity index (χ1) is 13.1. The monoisotopic (exact) mass is 426 g/mol. The summed E-state index contributed by atoms with van der Waals surface area (Å²) in [5, 5.41) is 11.9. The number of benzene rings is 2. The van der Waals surface area contributed by atoms with Gasteiger partial charge in [-0.25, -0.2) is 27.0 Å². The Kier molecular flexibility index (Phi) is 5.45. The van der Waals surface area contributed by atoms with Crippen LogP contribution in [0.1, 0.15) is 5.56 Å². The molecule has 0 unspecified atom stereocenters. The molecule has 1 heterocycles. The van der Waals surface area contributed by atoms with E-state index in [0.717, 1.165) is 18.2 Å². The molecule has 0 aliphatic rings. The smallest absolute Gasteiger partial charge is 0.240 e. The Morgan fingerprint density at radius 3 is 2.43 bits per heavy atom. The van der Waals surface area contributed by atoms with E-state index < -0.39 is 27.6 Å². The van der Waals surface area contributed by atoms with Crippen LogP contribution >= 0.6 is 11.6 Å². The molecule has 0 fully saturated rings. The number of nitrogens with two attached hydrogens (primary N) is 1. The van der Waals surface area contributed by atoms with Crippen LogP contribution < -0.4 is 10.5 Å². The van der Waals surface area contributed by atoms with E-state index in [-0.39, 0.29) is 28.3 Å². The molecule has 0 aliphatic carbocycles. The van der Waals surface area contributed by atoms with Gasteiger partial charge in [-0.3, -0.25) is 4.79 Å². The summed E-state index contributed by atoms with van der Waals surface area (Å²) in [5.41, 5.74) is 0.400. The predicted octanol–water partition coefficient (Wildman–Crippen LogP) is 2.63. The molecular formula is C17H13ClF2N4O3S. The lowest BCUT2D eigenvalue weighted by Crippen LogP contribution is -2.18. The van der Waals surface area contributed by atoms with E-state index >= 15 is 0 Å². The van der Waals surface area contributed by atoms with Crippen molar-refractivity contribution in [3.8, 4) is 5.69 Å². The molecule has 1 amide bonds. The van der Waals surface area contributed by atoms with Crippen molar-refractivity contribution in [3.05, 3.63) is 71.0 Å². The van der Waals surface area contributed by atoms with Gasteiger partial charge < -0.3 is 5.32 Å². The van der Waals surface area contributed by atoms with Crippen LogP contribution in [0.2, 0.25) is 5.02 Å². The second kappa shape index (κ2) is 7.66. The topological polar surface area (TPSA) is 107 Å². The van der Waals surface area contributed by atoms with E-state index in [4.69, 9.17) is 16.7 Å². The Morgan fingerprint density at radius 1 is 1.18 bits per heavy atom. The van der Waals surface area contributed by atoms with Crippen molar-refractivity contribution in [1.29, 1.82) is 0 Å². The van der Waals surface area contributed by atoms with Crippen LogP contribution in [-0.2, 0) is 21.2 Å². The highest BCUT2D eigenvalue weighted by molar-refractivity contribution is 7.89. The highest BCUT2D eigenvalue weighted by atomic mass is 35.5. The molecule has 2 aromatic carbocycles. The molecule has 0 aliphatic heterocycles. The maximum absolute atomic E-state index is 13.2. The first-order valence-corrected chi connectivity index (χ1v) is 9.66. The Balaban J connectivity index is 1.87. The van der Waals surface area contributed by atoms with Crippen LogP contribution in [0, 0.1) is 11.6 Å². The third kappa shape index (κ3) is 4.71. The van der Waals surface area contributed by atoms with E-state index in [0.29, 0.717) is 11.1 Å². The van der Waals surface area contributed by atoms with E-state index in [1.807, 2.05) is 0 Å². The fourth-order valence-corrected chi connectivity index (χ4v) is 3.43. The molecule has 28 heavy (non-hydrogen) atoms. The zero-order valence-electron chi connectivity index (χ0n) is 14.1. The molecule has 0 spiro atoms. The minimum absolute atomic E-state index is 0.129. The number of sulfonamides is 1. The molecule has 7 nitrogen and oxygen atoms in total. The number of hydrogen-bond donors (Lipinski definition) is 2. The normalized spacial score (nSPS) is 11.4. The van der Waals surface area contributed by atoms with Crippen molar-refractivity contribution in [2.75, 3.05) is 5.32 Å². The minimum atomic E-state index is -4.16. The van der Waals surface area contributed by atoms with Gasteiger partial charge in [0.15, 0.2) is 0 Å². The first-order valence-electron chi connectivity index (χ1n) is 7.74. The van der Waals surface area contributed by atoms with E-state index in [9.17, 15) is 22.0 Å². The van der Waals surface area contributed by atoms with Crippen molar-refractivity contribution in [2.24, 2.45) is 5.14 Å².